The molecule has 148 valence electrons. The van der Waals surface area contributed by atoms with Gasteiger partial charge in [0.1, 0.15) is 18.2 Å². The van der Waals surface area contributed by atoms with E-state index in [0.29, 0.717) is 0 Å². The van der Waals surface area contributed by atoms with Gasteiger partial charge in [0.2, 0.25) is 5.91 Å². The number of nitrogens with two attached hydrogens (primary N) is 1. The van der Waals surface area contributed by atoms with Crippen molar-refractivity contribution in [3.05, 3.63) is 0 Å². The standard InChI is InChI=1S/C15H25N3O8/c1-6(25-9(4)20)11(18-8(3)19)13-12(17-7(2)16)10(21)5-15(24,26-13)14(22)23/h6,10-13,21,24H,5H2,1-4H3,(H2,16,17)(H,18,19)(H,22,23)/t6-,10-,11-,12-,13-,15-/m0/s1. The summed E-state index contributed by atoms with van der Waals surface area (Å²) >= 11 is 0. The summed E-state index contributed by atoms with van der Waals surface area (Å²) in [6.07, 6.45) is -4.40. The van der Waals surface area contributed by atoms with Gasteiger partial charge in [-0.15, -0.1) is 0 Å². The van der Waals surface area contributed by atoms with Crippen LogP contribution in [0.15, 0.2) is 4.99 Å². The molecule has 11 nitrogen and oxygen atoms in total. The van der Waals surface area contributed by atoms with Crippen molar-refractivity contribution >= 4 is 23.7 Å². The van der Waals surface area contributed by atoms with Crippen LogP contribution in [-0.4, -0.2) is 75.2 Å². The maximum atomic E-state index is 11.6. The number of amidine groups is 1. The van der Waals surface area contributed by atoms with E-state index in [1.165, 1.54) is 20.8 Å². The highest BCUT2D eigenvalue weighted by Gasteiger charge is 2.54. The maximum absolute atomic E-state index is 11.6. The van der Waals surface area contributed by atoms with Crippen LogP contribution in [0.1, 0.15) is 34.1 Å². The third-order valence-electron chi connectivity index (χ3n) is 3.82. The summed E-state index contributed by atoms with van der Waals surface area (Å²) < 4.78 is 10.4. The number of aliphatic hydroxyl groups excluding tert-OH is 1. The Morgan fingerprint density at radius 1 is 1.35 bits per heavy atom. The molecule has 0 aromatic rings. The summed E-state index contributed by atoms with van der Waals surface area (Å²) in [6, 6.07) is -2.21. The van der Waals surface area contributed by atoms with Gasteiger partial charge in [0.15, 0.2) is 0 Å². The molecule has 6 N–H and O–H groups in total. The summed E-state index contributed by atoms with van der Waals surface area (Å²) in [4.78, 5) is 38.3. The average molecular weight is 375 g/mol. The van der Waals surface area contributed by atoms with Crippen LogP contribution in [0.5, 0.6) is 0 Å². The second-order valence-corrected chi connectivity index (χ2v) is 6.25. The molecule has 6 atom stereocenters. The number of aliphatic carboxylic acids is 1. The monoisotopic (exact) mass is 375 g/mol. The Morgan fingerprint density at radius 3 is 2.35 bits per heavy atom. The number of rotatable bonds is 6. The average Bonchev–Trinajstić information content (AvgIpc) is 2.46. The molecule has 1 rings (SSSR count). The number of nitrogens with one attached hydrogen (secondary N) is 1. The van der Waals surface area contributed by atoms with Crippen LogP contribution in [0.25, 0.3) is 0 Å². The number of aliphatic imine (C=N–C) groups is 1. The summed E-state index contributed by atoms with van der Waals surface area (Å²) in [5, 5.41) is 32.3. The Hall–Kier alpha value is -2.24. The number of carbonyl (C=O) groups excluding carboxylic acids is 2. The fourth-order valence-electron chi connectivity index (χ4n) is 2.82. The second kappa shape index (κ2) is 8.43. The van der Waals surface area contributed by atoms with Crippen molar-refractivity contribution in [3.63, 3.8) is 0 Å². The molecule has 1 amide bonds. The molecular formula is C15H25N3O8. The Morgan fingerprint density at radius 2 is 1.92 bits per heavy atom. The molecule has 0 saturated carbocycles. The van der Waals surface area contributed by atoms with Gasteiger partial charge in [0, 0.05) is 20.3 Å². The third-order valence-corrected chi connectivity index (χ3v) is 3.82. The highest BCUT2D eigenvalue weighted by Crippen LogP contribution is 2.32. The molecule has 1 saturated heterocycles. The minimum atomic E-state index is -2.70. The van der Waals surface area contributed by atoms with Crippen LogP contribution in [0.2, 0.25) is 0 Å². The predicted octanol–water partition coefficient (Wildman–Crippen LogP) is -1.89. The Kier molecular flexibility index (Phi) is 7.07. The van der Waals surface area contributed by atoms with E-state index in [9.17, 15) is 29.7 Å². The molecule has 0 bridgehead atoms. The van der Waals surface area contributed by atoms with E-state index in [1.54, 1.807) is 0 Å². The normalized spacial score (nSPS) is 31.6. The topological polar surface area (TPSA) is 181 Å². The number of hydrogen-bond donors (Lipinski definition) is 5. The van der Waals surface area contributed by atoms with Crippen molar-refractivity contribution in [1.29, 1.82) is 0 Å². The second-order valence-electron chi connectivity index (χ2n) is 6.25. The summed E-state index contributed by atoms with van der Waals surface area (Å²) in [7, 11) is 0. The zero-order chi connectivity index (χ0) is 20.2. The highest BCUT2D eigenvalue weighted by molar-refractivity contribution is 5.78. The zero-order valence-corrected chi connectivity index (χ0v) is 15.0. The van der Waals surface area contributed by atoms with Gasteiger partial charge in [-0.1, -0.05) is 0 Å². The Labute approximate surface area is 150 Å². The van der Waals surface area contributed by atoms with E-state index < -0.39 is 60.4 Å². The van der Waals surface area contributed by atoms with Crippen LogP contribution in [0.3, 0.4) is 0 Å². The minimum Gasteiger partial charge on any atom is -0.477 e. The zero-order valence-electron chi connectivity index (χ0n) is 15.0. The predicted molar refractivity (Wildman–Crippen MR) is 88.0 cm³/mol. The van der Waals surface area contributed by atoms with Gasteiger partial charge in [-0.2, -0.15) is 0 Å². The van der Waals surface area contributed by atoms with Crippen molar-refractivity contribution in [2.24, 2.45) is 10.7 Å². The summed E-state index contributed by atoms with van der Waals surface area (Å²) in [6.45, 7) is 5.25. The molecular weight excluding hydrogens is 350 g/mol. The van der Waals surface area contributed by atoms with Gasteiger partial charge < -0.3 is 35.8 Å². The van der Waals surface area contributed by atoms with Crippen LogP contribution in [0.4, 0.5) is 0 Å². The first-order valence-electron chi connectivity index (χ1n) is 7.93. The number of hydrogen-bond acceptors (Lipinski definition) is 8. The van der Waals surface area contributed by atoms with Crippen molar-refractivity contribution in [2.45, 2.75) is 70.3 Å². The molecule has 0 radical (unpaired) electrons. The van der Waals surface area contributed by atoms with Gasteiger partial charge in [0.05, 0.1) is 18.0 Å². The summed E-state index contributed by atoms with van der Waals surface area (Å²) in [5.74, 6) is -5.51. The number of amides is 1. The lowest BCUT2D eigenvalue weighted by molar-refractivity contribution is -0.281. The lowest BCUT2D eigenvalue weighted by Gasteiger charge is -2.44. The van der Waals surface area contributed by atoms with Gasteiger partial charge in [-0.05, 0) is 13.8 Å². The number of carboxylic acids is 1. The fourth-order valence-corrected chi connectivity index (χ4v) is 2.82. The molecule has 0 spiro atoms. The van der Waals surface area contributed by atoms with Gasteiger partial charge >= 0.3 is 11.9 Å². The van der Waals surface area contributed by atoms with E-state index in [-0.39, 0.29) is 5.84 Å². The highest BCUT2D eigenvalue weighted by atomic mass is 16.7. The van der Waals surface area contributed by atoms with Crippen molar-refractivity contribution in [2.75, 3.05) is 0 Å². The lowest BCUT2D eigenvalue weighted by Crippen LogP contribution is -2.65. The quantitative estimate of drug-likeness (QED) is 0.201. The lowest BCUT2D eigenvalue weighted by atomic mass is 9.87. The van der Waals surface area contributed by atoms with Crippen molar-refractivity contribution < 1.29 is 39.2 Å². The van der Waals surface area contributed by atoms with E-state index >= 15 is 0 Å². The first-order valence-corrected chi connectivity index (χ1v) is 7.93. The number of ether oxygens (including phenoxy) is 2. The largest absolute Gasteiger partial charge is 0.477 e. The molecule has 11 heteroatoms. The Bertz CT molecular complexity index is 591. The molecule has 0 aromatic carbocycles. The van der Waals surface area contributed by atoms with Crippen molar-refractivity contribution in [1.82, 2.24) is 5.32 Å². The third kappa shape index (κ3) is 5.38. The number of aliphatic hydroxyl groups is 2. The van der Waals surface area contributed by atoms with E-state index in [0.717, 1.165) is 6.92 Å². The van der Waals surface area contributed by atoms with Crippen LogP contribution in [-0.2, 0) is 23.9 Å². The number of carbonyl (C=O) groups is 3. The van der Waals surface area contributed by atoms with Gasteiger partial charge in [0.25, 0.3) is 5.79 Å². The Balaban J connectivity index is 3.35. The smallest absolute Gasteiger partial charge is 0.364 e. The molecule has 0 unspecified atom stereocenters. The summed E-state index contributed by atoms with van der Waals surface area (Å²) in [5.41, 5.74) is 5.57. The molecule has 26 heavy (non-hydrogen) atoms. The molecule has 1 fully saturated rings. The molecule has 1 aliphatic heterocycles. The van der Waals surface area contributed by atoms with Crippen LogP contribution < -0.4 is 11.1 Å². The number of carboxylic acid groups (broad SMARTS) is 1. The van der Waals surface area contributed by atoms with Crippen molar-refractivity contribution in [3.8, 4) is 0 Å². The SMILES string of the molecule is CC(=O)N[C@H]([C@@H]1O[C@](O)(C(=O)O)C[C@H](O)[C@@H]1N=C(C)N)[C@H](C)OC(C)=O. The van der Waals surface area contributed by atoms with E-state index in [2.05, 4.69) is 10.3 Å². The van der Waals surface area contributed by atoms with E-state index in [4.69, 9.17) is 15.2 Å². The number of nitrogens with zero attached hydrogens (tertiary/aromatic N) is 1. The molecule has 1 aliphatic rings. The van der Waals surface area contributed by atoms with Gasteiger partial charge in [-0.25, -0.2) is 4.79 Å². The maximum Gasteiger partial charge on any atom is 0.364 e. The van der Waals surface area contributed by atoms with E-state index in [1.807, 2.05) is 0 Å². The van der Waals surface area contributed by atoms with Gasteiger partial charge in [-0.3, -0.25) is 14.6 Å². The fraction of sp³-hybridized carbons (Fsp3) is 0.733. The first-order chi connectivity index (χ1) is 11.9. The first kappa shape index (κ1) is 21.8. The molecule has 0 aromatic heterocycles. The van der Waals surface area contributed by atoms with Crippen LogP contribution in [0, 0.1) is 0 Å². The van der Waals surface area contributed by atoms with Crippen LogP contribution >= 0.6 is 0 Å². The molecule has 0 aliphatic carbocycles. The number of esters is 1. The minimum absolute atomic E-state index is 0.0742. The molecule has 1 heterocycles.